The molecule has 21 heavy (non-hydrogen) atoms. The molecule has 0 saturated carbocycles. The molecule has 2 aromatic carbocycles. The first-order valence-corrected chi connectivity index (χ1v) is 7.67. The third kappa shape index (κ3) is 5.60. The molecule has 0 radical (unpaired) electrons. The summed E-state index contributed by atoms with van der Waals surface area (Å²) < 4.78 is 0. The molecule has 2 aromatic rings. The Hall–Kier alpha value is -1.80. The molecule has 1 N–H and O–H groups in total. The molecular weight excluding hydrogens is 256 g/mol. The van der Waals surface area contributed by atoms with Crippen molar-refractivity contribution in [2.75, 3.05) is 19.4 Å². The van der Waals surface area contributed by atoms with Crippen molar-refractivity contribution in [2.45, 2.75) is 32.4 Å². The average molecular weight is 282 g/mol. The van der Waals surface area contributed by atoms with Crippen LogP contribution in [0.5, 0.6) is 0 Å². The van der Waals surface area contributed by atoms with E-state index in [1.165, 1.54) is 16.8 Å². The maximum Gasteiger partial charge on any atom is 0.0342 e. The molecule has 2 nitrogen and oxygen atoms in total. The molecule has 0 aliphatic carbocycles. The Bertz CT molecular complexity index is 517. The Morgan fingerprint density at radius 3 is 2.19 bits per heavy atom. The second-order valence-electron chi connectivity index (χ2n) is 6.00. The van der Waals surface area contributed by atoms with Gasteiger partial charge in [0.05, 0.1) is 0 Å². The van der Waals surface area contributed by atoms with Crippen LogP contribution in [-0.2, 0) is 13.0 Å². The Balaban J connectivity index is 1.80. The van der Waals surface area contributed by atoms with Gasteiger partial charge in [-0.25, -0.2) is 0 Å². The van der Waals surface area contributed by atoms with Gasteiger partial charge < -0.3 is 10.2 Å². The summed E-state index contributed by atoms with van der Waals surface area (Å²) in [6.07, 6.45) is 2.26. The summed E-state index contributed by atoms with van der Waals surface area (Å²) in [5.41, 5.74) is 3.97. The minimum atomic E-state index is 0.477. The van der Waals surface area contributed by atoms with Crippen LogP contribution in [0.15, 0.2) is 54.6 Å². The van der Waals surface area contributed by atoms with Crippen molar-refractivity contribution < 1.29 is 0 Å². The number of anilines is 1. The van der Waals surface area contributed by atoms with E-state index in [9.17, 15) is 0 Å². The molecular formula is C19H26N2. The van der Waals surface area contributed by atoms with Crippen LogP contribution >= 0.6 is 0 Å². The molecule has 0 aromatic heterocycles. The van der Waals surface area contributed by atoms with Gasteiger partial charge in [0.1, 0.15) is 0 Å². The van der Waals surface area contributed by atoms with Crippen molar-refractivity contribution in [2.24, 2.45) is 0 Å². The molecule has 0 heterocycles. The number of hydrogen-bond acceptors (Lipinski definition) is 2. The minimum absolute atomic E-state index is 0.477. The molecule has 0 aliphatic heterocycles. The number of hydrogen-bond donors (Lipinski definition) is 1. The molecule has 1 atom stereocenters. The van der Waals surface area contributed by atoms with E-state index in [1.807, 2.05) is 0 Å². The monoisotopic (exact) mass is 282 g/mol. The highest BCUT2D eigenvalue weighted by Gasteiger charge is 2.03. The molecule has 112 valence electrons. The van der Waals surface area contributed by atoms with E-state index < -0.39 is 0 Å². The molecule has 0 fully saturated rings. The van der Waals surface area contributed by atoms with Crippen molar-refractivity contribution >= 4 is 5.69 Å². The van der Waals surface area contributed by atoms with Crippen LogP contribution in [0.1, 0.15) is 24.5 Å². The van der Waals surface area contributed by atoms with E-state index in [1.54, 1.807) is 0 Å². The van der Waals surface area contributed by atoms with Crippen LogP contribution in [0.3, 0.4) is 0 Å². The highest BCUT2D eigenvalue weighted by Crippen LogP contribution is 2.14. The predicted octanol–water partition coefficient (Wildman–Crippen LogP) is 4.18. The fourth-order valence-corrected chi connectivity index (χ4v) is 2.46. The van der Waals surface area contributed by atoms with E-state index in [0.29, 0.717) is 6.04 Å². The fourth-order valence-electron chi connectivity index (χ4n) is 2.46. The molecule has 1 unspecified atom stereocenters. The van der Waals surface area contributed by atoms with E-state index in [-0.39, 0.29) is 0 Å². The Morgan fingerprint density at radius 1 is 0.905 bits per heavy atom. The summed E-state index contributed by atoms with van der Waals surface area (Å²) in [5, 5.41) is 3.58. The first kappa shape index (κ1) is 15.6. The fraction of sp³-hybridized carbons (Fsp3) is 0.368. The highest BCUT2D eigenvalue weighted by atomic mass is 15.0. The van der Waals surface area contributed by atoms with Crippen molar-refractivity contribution in [1.82, 2.24) is 4.90 Å². The summed E-state index contributed by atoms with van der Waals surface area (Å²) >= 11 is 0. The summed E-state index contributed by atoms with van der Waals surface area (Å²) in [6, 6.07) is 19.9. The zero-order valence-corrected chi connectivity index (χ0v) is 13.3. The summed E-state index contributed by atoms with van der Waals surface area (Å²) in [6.45, 7) is 3.24. The number of rotatable bonds is 7. The average Bonchev–Trinajstić information content (AvgIpc) is 2.48. The van der Waals surface area contributed by atoms with Crippen LogP contribution in [0, 0.1) is 0 Å². The zero-order valence-electron chi connectivity index (χ0n) is 13.3. The predicted molar refractivity (Wildman–Crippen MR) is 91.7 cm³/mol. The van der Waals surface area contributed by atoms with Gasteiger partial charge in [-0.2, -0.15) is 0 Å². The quantitative estimate of drug-likeness (QED) is 0.819. The number of nitrogens with zero attached hydrogens (tertiary/aromatic N) is 1. The summed E-state index contributed by atoms with van der Waals surface area (Å²) in [5.74, 6) is 0. The van der Waals surface area contributed by atoms with Gasteiger partial charge in [-0.1, -0.05) is 42.5 Å². The lowest BCUT2D eigenvalue weighted by Crippen LogP contribution is -2.16. The summed E-state index contributed by atoms with van der Waals surface area (Å²) in [7, 11) is 4.19. The van der Waals surface area contributed by atoms with Gasteiger partial charge in [-0.15, -0.1) is 0 Å². The van der Waals surface area contributed by atoms with Crippen molar-refractivity contribution in [3.8, 4) is 0 Å². The van der Waals surface area contributed by atoms with Crippen LogP contribution in [0.4, 0.5) is 5.69 Å². The largest absolute Gasteiger partial charge is 0.383 e. The smallest absolute Gasteiger partial charge is 0.0342 e. The van der Waals surface area contributed by atoms with Gasteiger partial charge in [0, 0.05) is 18.3 Å². The number of benzene rings is 2. The van der Waals surface area contributed by atoms with Crippen LogP contribution in [0.2, 0.25) is 0 Å². The normalized spacial score (nSPS) is 12.4. The molecule has 0 saturated heterocycles. The van der Waals surface area contributed by atoms with E-state index in [2.05, 4.69) is 85.8 Å². The SMILES string of the molecule is CC(CCc1ccccc1)Nc1ccc(CN(C)C)cc1. The van der Waals surface area contributed by atoms with Crippen molar-refractivity contribution in [3.63, 3.8) is 0 Å². The molecule has 0 amide bonds. The third-order valence-electron chi connectivity index (χ3n) is 3.57. The maximum absolute atomic E-state index is 3.58. The van der Waals surface area contributed by atoms with Crippen LogP contribution in [0.25, 0.3) is 0 Å². The van der Waals surface area contributed by atoms with E-state index in [0.717, 1.165) is 19.4 Å². The Morgan fingerprint density at radius 2 is 1.57 bits per heavy atom. The van der Waals surface area contributed by atoms with Gasteiger partial charge in [-0.05, 0) is 57.1 Å². The van der Waals surface area contributed by atoms with Crippen LogP contribution in [-0.4, -0.2) is 25.0 Å². The van der Waals surface area contributed by atoms with Gasteiger partial charge in [0.2, 0.25) is 0 Å². The van der Waals surface area contributed by atoms with Crippen molar-refractivity contribution in [3.05, 3.63) is 65.7 Å². The first-order chi connectivity index (χ1) is 10.1. The third-order valence-corrected chi connectivity index (χ3v) is 3.57. The van der Waals surface area contributed by atoms with E-state index in [4.69, 9.17) is 0 Å². The maximum atomic E-state index is 3.58. The molecule has 2 rings (SSSR count). The van der Waals surface area contributed by atoms with Gasteiger partial charge in [-0.3, -0.25) is 0 Å². The molecule has 0 spiro atoms. The lowest BCUT2D eigenvalue weighted by Gasteiger charge is -2.16. The Labute approximate surface area is 128 Å². The number of nitrogens with one attached hydrogen (secondary N) is 1. The van der Waals surface area contributed by atoms with Crippen molar-refractivity contribution in [1.29, 1.82) is 0 Å². The van der Waals surface area contributed by atoms with E-state index >= 15 is 0 Å². The molecule has 0 aliphatic rings. The van der Waals surface area contributed by atoms with Crippen LogP contribution < -0.4 is 5.32 Å². The molecule has 2 heteroatoms. The molecule has 0 bridgehead atoms. The van der Waals surface area contributed by atoms with Gasteiger partial charge in [0.15, 0.2) is 0 Å². The minimum Gasteiger partial charge on any atom is -0.383 e. The topological polar surface area (TPSA) is 15.3 Å². The van der Waals surface area contributed by atoms with Gasteiger partial charge in [0.25, 0.3) is 0 Å². The second-order valence-corrected chi connectivity index (χ2v) is 6.00. The zero-order chi connectivity index (χ0) is 15.1. The summed E-state index contributed by atoms with van der Waals surface area (Å²) in [4.78, 5) is 2.19. The first-order valence-electron chi connectivity index (χ1n) is 7.67. The highest BCUT2D eigenvalue weighted by molar-refractivity contribution is 5.45. The number of aryl methyl sites for hydroxylation is 1. The van der Waals surface area contributed by atoms with Gasteiger partial charge >= 0.3 is 0 Å². The standard InChI is InChI=1S/C19H26N2/c1-16(9-10-17-7-5-4-6-8-17)20-19-13-11-18(12-14-19)15-21(2)3/h4-8,11-14,16,20H,9-10,15H2,1-3H3. The second kappa shape index (κ2) is 7.84. The Kier molecular flexibility index (Phi) is 5.82. The lowest BCUT2D eigenvalue weighted by molar-refractivity contribution is 0.402. The lowest BCUT2D eigenvalue weighted by atomic mass is 10.1.